The highest BCUT2D eigenvalue weighted by atomic mass is 16.5. The topological polar surface area (TPSA) is 86.1 Å². The van der Waals surface area contributed by atoms with Gasteiger partial charge in [-0.25, -0.2) is 0 Å². The van der Waals surface area contributed by atoms with Gasteiger partial charge in [-0.15, -0.1) is 5.10 Å². The van der Waals surface area contributed by atoms with E-state index in [1.807, 2.05) is 18.7 Å². The van der Waals surface area contributed by atoms with E-state index in [1.165, 1.54) is 0 Å². The molecule has 0 spiro atoms. The van der Waals surface area contributed by atoms with E-state index in [-0.39, 0.29) is 0 Å². The van der Waals surface area contributed by atoms with Crippen molar-refractivity contribution >= 4 is 5.96 Å². The molecule has 6 nitrogen and oxygen atoms in total. The summed E-state index contributed by atoms with van der Waals surface area (Å²) in [6.07, 6.45) is 0. The Balaban J connectivity index is 3.85. The highest BCUT2D eigenvalue weighted by Crippen LogP contribution is 1.89. The molecule has 0 aromatic carbocycles. The molecule has 0 aromatic rings. The van der Waals surface area contributed by atoms with Gasteiger partial charge in [-0.05, 0) is 13.8 Å². The van der Waals surface area contributed by atoms with Gasteiger partial charge in [0, 0.05) is 26.3 Å². The molecule has 0 rings (SSSR count). The summed E-state index contributed by atoms with van der Waals surface area (Å²) in [5.41, 5.74) is 5.62. The minimum absolute atomic E-state index is 0.314. The molecule has 0 radical (unpaired) electrons. The van der Waals surface area contributed by atoms with E-state index in [9.17, 15) is 0 Å². The quantitative estimate of drug-likeness (QED) is 0.189. The second kappa shape index (κ2) is 9.54. The number of nitrogens with zero attached hydrogens (tertiary/aromatic N) is 2. The molecule has 0 aliphatic heterocycles. The Labute approximate surface area is 91.2 Å². The van der Waals surface area contributed by atoms with Crippen molar-refractivity contribution < 1.29 is 9.47 Å². The van der Waals surface area contributed by atoms with Gasteiger partial charge in [0.1, 0.15) is 0 Å². The fourth-order valence-corrected chi connectivity index (χ4v) is 1.06. The highest BCUT2D eigenvalue weighted by molar-refractivity contribution is 5.77. The fraction of sp³-hybridized carbons (Fsp3) is 0.889. The zero-order chi connectivity index (χ0) is 11.5. The first-order valence-corrected chi connectivity index (χ1v) is 5.20. The molecule has 0 heterocycles. The van der Waals surface area contributed by atoms with Crippen LogP contribution in [0.25, 0.3) is 0 Å². The van der Waals surface area contributed by atoms with E-state index < -0.39 is 0 Å². The van der Waals surface area contributed by atoms with E-state index in [1.54, 1.807) is 0 Å². The lowest BCUT2D eigenvalue weighted by molar-refractivity contribution is 0.106. The van der Waals surface area contributed by atoms with E-state index >= 15 is 0 Å². The maximum atomic E-state index is 5.62. The maximum Gasteiger partial charge on any atom is 0.213 e. The van der Waals surface area contributed by atoms with Crippen LogP contribution in [-0.2, 0) is 9.47 Å². The van der Waals surface area contributed by atoms with Gasteiger partial charge in [0.2, 0.25) is 5.96 Å². The third kappa shape index (κ3) is 6.98. The van der Waals surface area contributed by atoms with Crippen LogP contribution in [-0.4, -0.2) is 50.4 Å². The van der Waals surface area contributed by atoms with Crippen LogP contribution in [0, 0.1) is 0 Å². The highest BCUT2D eigenvalue weighted by Gasteiger charge is 2.06. The van der Waals surface area contributed by atoms with Crippen LogP contribution in [0.5, 0.6) is 0 Å². The lowest BCUT2D eigenvalue weighted by atomic mass is 10.5. The zero-order valence-electron chi connectivity index (χ0n) is 9.61. The molecule has 0 saturated heterocycles. The van der Waals surface area contributed by atoms with Gasteiger partial charge in [-0.3, -0.25) is 0 Å². The van der Waals surface area contributed by atoms with Crippen LogP contribution >= 0.6 is 0 Å². The number of hydrogen-bond acceptors (Lipinski definition) is 4. The number of hydrazone groups is 1. The van der Waals surface area contributed by atoms with Crippen LogP contribution in [0.4, 0.5) is 0 Å². The van der Waals surface area contributed by atoms with E-state index in [0.29, 0.717) is 45.5 Å². The van der Waals surface area contributed by atoms with Crippen LogP contribution in [0.1, 0.15) is 13.8 Å². The maximum absolute atomic E-state index is 5.62. The summed E-state index contributed by atoms with van der Waals surface area (Å²) >= 11 is 0. The number of ether oxygens (including phenoxy) is 2. The van der Waals surface area contributed by atoms with Crippen molar-refractivity contribution in [1.29, 1.82) is 0 Å². The van der Waals surface area contributed by atoms with E-state index in [2.05, 4.69) is 5.10 Å². The SMILES string of the molecule is CCOCCN(CCOCC)C(N)=NN. The summed E-state index contributed by atoms with van der Waals surface area (Å²) in [7, 11) is 0. The van der Waals surface area contributed by atoms with Crippen LogP contribution in [0.2, 0.25) is 0 Å². The van der Waals surface area contributed by atoms with Crippen molar-refractivity contribution in [1.82, 2.24) is 4.90 Å². The monoisotopic (exact) mass is 218 g/mol. The smallest absolute Gasteiger partial charge is 0.213 e. The van der Waals surface area contributed by atoms with Gasteiger partial charge >= 0.3 is 0 Å². The Kier molecular flexibility index (Phi) is 8.90. The summed E-state index contributed by atoms with van der Waals surface area (Å²) in [5.74, 6) is 5.44. The second-order valence-corrected chi connectivity index (χ2v) is 2.87. The zero-order valence-corrected chi connectivity index (χ0v) is 9.61. The van der Waals surface area contributed by atoms with Crippen LogP contribution < -0.4 is 11.6 Å². The Morgan fingerprint density at radius 3 is 1.93 bits per heavy atom. The average Bonchev–Trinajstić information content (AvgIpc) is 2.26. The van der Waals surface area contributed by atoms with Crippen LogP contribution in [0.15, 0.2) is 5.10 Å². The minimum atomic E-state index is 0.314. The molecule has 0 amide bonds. The molecular formula is C9H22N4O2. The molecule has 0 aliphatic rings. The second-order valence-electron chi connectivity index (χ2n) is 2.87. The lowest BCUT2D eigenvalue weighted by Gasteiger charge is -2.22. The molecule has 15 heavy (non-hydrogen) atoms. The lowest BCUT2D eigenvalue weighted by Crippen LogP contribution is -2.42. The predicted molar refractivity (Wildman–Crippen MR) is 60.4 cm³/mol. The molecule has 90 valence electrons. The van der Waals surface area contributed by atoms with Gasteiger partial charge in [0.25, 0.3) is 0 Å². The Morgan fingerprint density at radius 1 is 1.13 bits per heavy atom. The predicted octanol–water partition coefficient (Wildman–Crippen LogP) is -0.450. The number of nitrogens with two attached hydrogens (primary N) is 2. The first-order chi connectivity index (χ1) is 7.26. The Bertz CT molecular complexity index is 165. The largest absolute Gasteiger partial charge is 0.380 e. The standard InChI is InChI=1S/C9H22N4O2/c1-3-14-7-5-13(9(10)12-11)6-8-15-4-2/h3-8,11H2,1-2H3,(H2,10,12). The molecule has 6 heteroatoms. The summed E-state index contributed by atoms with van der Waals surface area (Å²) in [6, 6.07) is 0. The fourth-order valence-electron chi connectivity index (χ4n) is 1.06. The minimum Gasteiger partial charge on any atom is -0.380 e. The summed E-state index contributed by atoms with van der Waals surface area (Å²) < 4.78 is 10.5. The molecular weight excluding hydrogens is 196 g/mol. The number of guanidine groups is 1. The molecule has 0 aliphatic carbocycles. The van der Waals surface area contributed by atoms with Gasteiger partial charge in [-0.1, -0.05) is 0 Å². The molecule has 0 atom stereocenters. The first kappa shape index (κ1) is 14.0. The van der Waals surface area contributed by atoms with Crippen molar-refractivity contribution in [2.45, 2.75) is 13.8 Å². The third-order valence-corrected chi connectivity index (χ3v) is 1.88. The molecule has 4 N–H and O–H groups in total. The molecule has 0 fully saturated rings. The summed E-state index contributed by atoms with van der Waals surface area (Å²) in [6.45, 7) is 7.85. The summed E-state index contributed by atoms with van der Waals surface area (Å²) in [4.78, 5) is 1.84. The van der Waals surface area contributed by atoms with E-state index in [4.69, 9.17) is 21.1 Å². The van der Waals surface area contributed by atoms with Gasteiger partial charge in [0.05, 0.1) is 13.2 Å². The third-order valence-electron chi connectivity index (χ3n) is 1.88. The van der Waals surface area contributed by atoms with Crippen molar-refractivity contribution in [2.75, 3.05) is 39.5 Å². The van der Waals surface area contributed by atoms with E-state index in [0.717, 1.165) is 0 Å². The molecule has 0 bridgehead atoms. The van der Waals surface area contributed by atoms with Crippen LogP contribution in [0.3, 0.4) is 0 Å². The molecule has 0 aromatic heterocycles. The Morgan fingerprint density at radius 2 is 1.60 bits per heavy atom. The normalized spacial score (nSPS) is 11.7. The van der Waals surface area contributed by atoms with Crippen molar-refractivity contribution in [3.63, 3.8) is 0 Å². The van der Waals surface area contributed by atoms with Crippen molar-refractivity contribution in [3.05, 3.63) is 0 Å². The van der Waals surface area contributed by atoms with Gasteiger partial charge in [0.15, 0.2) is 0 Å². The van der Waals surface area contributed by atoms with Crippen molar-refractivity contribution in [2.24, 2.45) is 16.7 Å². The first-order valence-electron chi connectivity index (χ1n) is 5.20. The van der Waals surface area contributed by atoms with Crippen molar-refractivity contribution in [3.8, 4) is 0 Å². The molecule has 0 unspecified atom stereocenters. The van der Waals surface area contributed by atoms with Gasteiger partial charge in [-0.2, -0.15) is 0 Å². The van der Waals surface area contributed by atoms with Gasteiger partial charge < -0.3 is 25.9 Å². The number of rotatable bonds is 8. The Hall–Kier alpha value is -1.01. The number of hydrogen-bond donors (Lipinski definition) is 2. The summed E-state index contributed by atoms with van der Waals surface area (Å²) in [5, 5.41) is 3.46. The molecule has 0 saturated carbocycles. The average molecular weight is 218 g/mol.